The molecule has 0 bridgehead atoms. The average Bonchev–Trinajstić information content (AvgIpc) is 3.12. The number of anilines is 3. The SMILES string of the molecule is CCn1ccc2cc(Nc3cnccn3)nc(NC[C@H]3CC[C@H](O)C3)c2c1=O. The van der Waals surface area contributed by atoms with E-state index in [4.69, 9.17) is 0 Å². The van der Waals surface area contributed by atoms with Crippen molar-refractivity contribution < 1.29 is 5.11 Å². The standard InChI is InChI=1S/C20H24N6O2/c1-2-26-8-5-14-10-16(24-17-12-21-6-7-22-17)25-19(18(14)20(26)28)23-11-13-3-4-15(27)9-13/h5-8,10,12-13,15,27H,2-4,9,11H2,1H3,(H2,22,23,24,25)/t13-,15-/m0/s1. The largest absolute Gasteiger partial charge is 0.393 e. The minimum Gasteiger partial charge on any atom is -0.393 e. The fourth-order valence-electron chi connectivity index (χ4n) is 3.71. The van der Waals surface area contributed by atoms with E-state index in [1.165, 1.54) is 0 Å². The highest BCUT2D eigenvalue weighted by atomic mass is 16.3. The molecule has 0 saturated heterocycles. The summed E-state index contributed by atoms with van der Waals surface area (Å²) in [6.07, 6.45) is 8.99. The van der Waals surface area contributed by atoms with Crippen LogP contribution in [0.15, 0.2) is 41.7 Å². The topological polar surface area (TPSA) is 105 Å². The highest BCUT2D eigenvalue weighted by molar-refractivity contribution is 5.93. The fraction of sp³-hybridized carbons (Fsp3) is 0.400. The molecule has 3 heterocycles. The summed E-state index contributed by atoms with van der Waals surface area (Å²) >= 11 is 0. The molecule has 146 valence electrons. The Morgan fingerprint density at radius 3 is 2.89 bits per heavy atom. The Morgan fingerprint density at radius 2 is 2.18 bits per heavy atom. The van der Waals surface area contributed by atoms with E-state index in [0.29, 0.717) is 41.8 Å². The number of nitrogens with one attached hydrogen (secondary N) is 2. The first kappa shape index (κ1) is 18.4. The number of aliphatic hydroxyl groups excluding tert-OH is 1. The van der Waals surface area contributed by atoms with E-state index >= 15 is 0 Å². The van der Waals surface area contributed by atoms with Crippen LogP contribution >= 0.6 is 0 Å². The number of nitrogens with zero attached hydrogens (tertiary/aromatic N) is 4. The number of aliphatic hydroxyl groups is 1. The van der Waals surface area contributed by atoms with Gasteiger partial charge >= 0.3 is 0 Å². The lowest BCUT2D eigenvalue weighted by Crippen LogP contribution is -2.21. The van der Waals surface area contributed by atoms with Crippen molar-refractivity contribution in [1.29, 1.82) is 0 Å². The number of hydrogen-bond acceptors (Lipinski definition) is 7. The van der Waals surface area contributed by atoms with Crippen molar-refractivity contribution in [2.24, 2.45) is 5.92 Å². The molecule has 28 heavy (non-hydrogen) atoms. The molecular formula is C20H24N6O2. The second kappa shape index (κ2) is 7.93. The molecule has 1 fully saturated rings. The molecule has 8 heteroatoms. The van der Waals surface area contributed by atoms with Gasteiger partial charge in [-0.3, -0.25) is 9.78 Å². The van der Waals surface area contributed by atoms with E-state index in [-0.39, 0.29) is 11.7 Å². The maximum atomic E-state index is 12.9. The van der Waals surface area contributed by atoms with Crippen LogP contribution in [-0.4, -0.2) is 37.3 Å². The van der Waals surface area contributed by atoms with Crippen molar-refractivity contribution in [3.63, 3.8) is 0 Å². The molecule has 3 aromatic heterocycles. The van der Waals surface area contributed by atoms with Crippen LogP contribution in [-0.2, 0) is 6.54 Å². The van der Waals surface area contributed by atoms with Crippen LogP contribution in [0.4, 0.5) is 17.5 Å². The third-order valence-electron chi connectivity index (χ3n) is 5.19. The zero-order chi connectivity index (χ0) is 19.5. The lowest BCUT2D eigenvalue weighted by molar-refractivity contribution is 0.178. The van der Waals surface area contributed by atoms with Gasteiger partial charge in [0.1, 0.15) is 17.5 Å². The smallest absolute Gasteiger partial charge is 0.262 e. The van der Waals surface area contributed by atoms with Crippen LogP contribution in [0.3, 0.4) is 0 Å². The van der Waals surface area contributed by atoms with E-state index in [0.717, 1.165) is 24.6 Å². The van der Waals surface area contributed by atoms with Gasteiger partial charge in [-0.2, -0.15) is 0 Å². The molecule has 0 aliphatic heterocycles. The van der Waals surface area contributed by atoms with Gasteiger partial charge in [-0.1, -0.05) is 0 Å². The van der Waals surface area contributed by atoms with Crippen LogP contribution in [0.5, 0.6) is 0 Å². The second-order valence-electron chi connectivity index (χ2n) is 7.16. The number of fused-ring (bicyclic) bond motifs is 1. The summed E-state index contributed by atoms with van der Waals surface area (Å²) < 4.78 is 1.67. The van der Waals surface area contributed by atoms with Gasteiger partial charge in [0.2, 0.25) is 0 Å². The van der Waals surface area contributed by atoms with Gasteiger partial charge in [-0.05, 0) is 49.6 Å². The van der Waals surface area contributed by atoms with E-state index in [2.05, 4.69) is 25.6 Å². The molecule has 0 amide bonds. The minimum absolute atomic E-state index is 0.0625. The molecule has 4 rings (SSSR count). The number of pyridine rings is 2. The second-order valence-corrected chi connectivity index (χ2v) is 7.16. The van der Waals surface area contributed by atoms with Crippen molar-refractivity contribution in [3.05, 3.63) is 47.3 Å². The van der Waals surface area contributed by atoms with Crippen molar-refractivity contribution in [2.75, 3.05) is 17.2 Å². The Labute approximate surface area is 162 Å². The summed E-state index contributed by atoms with van der Waals surface area (Å²) in [6, 6.07) is 3.77. The maximum absolute atomic E-state index is 12.9. The van der Waals surface area contributed by atoms with E-state index in [9.17, 15) is 9.90 Å². The summed E-state index contributed by atoms with van der Waals surface area (Å²) in [5.74, 6) is 2.11. The Hall–Kier alpha value is -3.00. The monoisotopic (exact) mass is 380 g/mol. The van der Waals surface area contributed by atoms with Crippen molar-refractivity contribution in [3.8, 4) is 0 Å². The normalized spacial score (nSPS) is 19.1. The number of rotatable bonds is 6. The zero-order valence-electron chi connectivity index (χ0n) is 15.8. The zero-order valence-corrected chi connectivity index (χ0v) is 15.8. The number of aromatic nitrogens is 4. The third-order valence-corrected chi connectivity index (χ3v) is 5.19. The van der Waals surface area contributed by atoms with E-state index in [1.807, 2.05) is 19.1 Å². The molecule has 1 saturated carbocycles. The van der Waals surface area contributed by atoms with Crippen LogP contribution in [0.2, 0.25) is 0 Å². The highest BCUT2D eigenvalue weighted by Gasteiger charge is 2.23. The summed E-state index contributed by atoms with van der Waals surface area (Å²) in [4.78, 5) is 25.8. The first-order valence-electron chi connectivity index (χ1n) is 9.63. The van der Waals surface area contributed by atoms with Gasteiger partial charge in [-0.15, -0.1) is 0 Å². The van der Waals surface area contributed by atoms with Gasteiger partial charge in [-0.25, -0.2) is 9.97 Å². The third kappa shape index (κ3) is 3.82. The summed E-state index contributed by atoms with van der Waals surface area (Å²) in [5.41, 5.74) is -0.0625. The van der Waals surface area contributed by atoms with Crippen LogP contribution < -0.4 is 16.2 Å². The predicted molar refractivity (Wildman–Crippen MR) is 109 cm³/mol. The van der Waals surface area contributed by atoms with Gasteiger partial charge < -0.3 is 20.3 Å². The van der Waals surface area contributed by atoms with E-state index < -0.39 is 0 Å². The van der Waals surface area contributed by atoms with Gasteiger partial charge in [0, 0.05) is 31.7 Å². The molecule has 1 aliphatic rings. The first-order chi connectivity index (χ1) is 13.6. The molecule has 0 spiro atoms. The van der Waals surface area contributed by atoms with E-state index in [1.54, 1.807) is 29.4 Å². The lowest BCUT2D eigenvalue weighted by atomic mass is 10.1. The summed E-state index contributed by atoms with van der Waals surface area (Å²) in [5, 5.41) is 17.7. The molecule has 3 N–H and O–H groups in total. The van der Waals surface area contributed by atoms with Gasteiger partial charge in [0.15, 0.2) is 0 Å². The Balaban J connectivity index is 1.70. The van der Waals surface area contributed by atoms with Crippen LogP contribution in [0.1, 0.15) is 26.2 Å². The molecule has 3 aromatic rings. The number of aryl methyl sites for hydroxylation is 1. The fourth-order valence-corrected chi connectivity index (χ4v) is 3.71. The maximum Gasteiger partial charge on any atom is 0.262 e. The van der Waals surface area contributed by atoms with Crippen molar-refractivity contribution in [2.45, 2.75) is 38.8 Å². The molecule has 0 radical (unpaired) electrons. The Morgan fingerprint density at radius 1 is 1.29 bits per heavy atom. The molecule has 0 unspecified atom stereocenters. The van der Waals surface area contributed by atoms with Gasteiger partial charge in [0.25, 0.3) is 5.56 Å². The van der Waals surface area contributed by atoms with Gasteiger partial charge in [0.05, 0.1) is 17.7 Å². The predicted octanol–water partition coefficient (Wildman–Crippen LogP) is 2.52. The summed E-state index contributed by atoms with van der Waals surface area (Å²) in [6.45, 7) is 3.22. The van der Waals surface area contributed by atoms with Crippen LogP contribution in [0.25, 0.3) is 10.8 Å². The molecular weight excluding hydrogens is 356 g/mol. The lowest BCUT2D eigenvalue weighted by Gasteiger charge is -2.15. The molecule has 2 atom stereocenters. The highest BCUT2D eigenvalue weighted by Crippen LogP contribution is 2.28. The molecule has 0 aromatic carbocycles. The summed E-state index contributed by atoms with van der Waals surface area (Å²) in [7, 11) is 0. The number of hydrogen-bond donors (Lipinski definition) is 3. The Kier molecular flexibility index (Phi) is 5.21. The van der Waals surface area contributed by atoms with Crippen molar-refractivity contribution in [1.82, 2.24) is 19.5 Å². The van der Waals surface area contributed by atoms with Crippen molar-refractivity contribution >= 4 is 28.2 Å². The van der Waals surface area contributed by atoms with Crippen LogP contribution in [0, 0.1) is 5.92 Å². The quantitative estimate of drug-likeness (QED) is 0.603. The average molecular weight is 380 g/mol. The Bertz CT molecular complexity index is 1020. The minimum atomic E-state index is -0.224. The molecule has 8 nitrogen and oxygen atoms in total. The first-order valence-corrected chi connectivity index (χ1v) is 9.63. The molecule has 1 aliphatic carbocycles.